The zero-order chi connectivity index (χ0) is 18.1. The van der Waals surface area contributed by atoms with E-state index in [0.29, 0.717) is 34.4 Å². The van der Waals surface area contributed by atoms with E-state index in [2.05, 4.69) is 15.3 Å². The first-order valence-electron chi connectivity index (χ1n) is 7.94. The van der Waals surface area contributed by atoms with E-state index < -0.39 is 4.92 Å². The second-order valence-electron chi connectivity index (χ2n) is 5.72. The van der Waals surface area contributed by atoms with E-state index in [1.54, 1.807) is 6.07 Å². The fraction of sp³-hybridized carbons (Fsp3) is 0.111. The largest absolute Gasteiger partial charge is 0.450 e. The number of hydrogen-bond acceptors (Lipinski definition) is 6. The van der Waals surface area contributed by atoms with Gasteiger partial charge in [0.2, 0.25) is 5.28 Å². The molecule has 4 rings (SSSR count). The maximum absolute atomic E-state index is 11.0. The number of furan rings is 1. The summed E-state index contributed by atoms with van der Waals surface area (Å²) in [7, 11) is 0. The molecule has 2 aromatic carbocycles. The number of nitro benzene ring substituents is 1. The molecule has 7 nitrogen and oxygen atoms in total. The Morgan fingerprint density at radius 1 is 1.15 bits per heavy atom. The number of rotatable bonds is 5. The Hall–Kier alpha value is -3.19. The number of benzene rings is 2. The Balaban J connectivity index is 1.70. The minimum absolute atomic E-state index is 0.0338. The number of anilines is 1. The number of hydrogen-bond donors (Lipinski definition) is 1. The van der Waals surface area contributed by atoms with Gasteiger partial charge in [-0.3, -0.25) is 10.1 Å². The number of nitrogens with one attached hydrogen (secondary N) is 1. The highest BCUT2D eigenvalue weighted by atomic mass is 35.5. The van der Waals surface area contributed by atoms with Gasteiger partial charge in [-0.25, -0.2) is 4.98 Å². The second kappa shape index (κ2) is 6.61. The molecule has 0 aliphatic heterocycles. The molecular formula is C18H13ClN4O3. The van der Waals surface area contributed by atoms with Gasteiger partial charge in [-0.15, -0.1) is 0 Å². The molecule has 0 saturated carbocycles. The normalized spacial score (nSPS) is 11.1. The zero-order valence-electron chi connectivity index (χ0n) is 13.5. The van der Waals surface area contributed by atoms with E-state index in [1.807, 2.05) is 30.3 Å². The average molecular weight is 369 g/mol. The lowest BCUT2D eigenvalue weighted by atomic mass is 10.1. The molecule has 130 valence electrons. The van der Waals surface area contributed by atoms with Crippen LogP contribution in [0.25, 0.3) is 22.1 Å². The van der Waals surface area contributed by atoms with E-state index >= 15 is 0 Å². The summed E-state index contributed by atoms with van der Waals surface area (Å²) < 4.78 is 5.81. The highest BCUT2D eigenvalue weighted by Crippen LogP contribution is 2.34. The van der Waals surface area contributed by atoms with Crippen LogP contribution in [0.3, 0.4) is 0 Å². The molecule has 2 aromatic heterocycles. The Morgan fingerprint density at radius 3 is 2.73 bits per heavy atom. The van der Waals surface area contributed by atoms with Crippen molar-refractivity contribution in [3.63, 3.8) is 0 Å². The van der Waals surface area contributed by atoms with Crippen LogP contribution in [0.15, 0.2) is 52.9 Å². The molecule has 8 heteroatoms. The van der Waals surface area contributed by atoms with Crippen LogP contribution < -0.4 is 5.32 Å². The fourth-order valence-electron chi connectivity index (χ4n) is 2.81. The molecule has 0 saturated heterocycles. The predicted octanol–water partition coefficient (Wildman–Crippen LogP) is 4.59. The maximum Gasteiger partial charge on any atom is 0.270 e. The summed E-state index contributed by atoms with van der Waals surface area (Å²) >= 11 is 6.04. The summed E-state index contributed by atoms with van der Waals surface area (Å²) in [6.45, 7) is 0.629. The molecule has 0 spiro atoms. The number of fused-ring (bicyclic) bond motifs is 3. The van der Waals surface area contributed by atoms with Crippen LogP contribution in [0, 0.1) is 10.1 Å². The van der Waals surface area contributed by atoms with Gasteiger partial charge in [-0.05, 0) is 29.7 Å². The van der Waals surface area contributed by atoms with Crippen molar-refractivity contribution >= 4 is 45.2 Å². The topological polar surface area (TPSA) is 94.1 Å². The lowest BCUT2D eigenvalue weighted by molar-refractivity contribution is -0.384. The van der Waals surface area contributed by atoms with E-state index in [-0.39, 0.29) is 11.0 Å². The van der Waals surface area contributed by atoms with Gasteiger partial charge in [0.05, 0.1) is 10.3 Å². The van der Waals surface area contributed by atoms with Crippen molar-refractivity contribution in [3.05, 3.63) is 69.5 Å². The lowest BCUT2D eigenvalue weighted by Crippen LogP contribution is -2.07. The summed E-state index contributed by atoms with van der Waals surface area (Å²) in [4.78, 5) is 18.9. The molecule has 0 aliphatic carbocycles. The van der Waals surface area contributed by atoms with Gasteiger partial charge in [0.1, 0.15) is 11.1 Å². The molecular weight excluding hydrogens is 356 g/mol. The summed E-state index contributed by atoms with van der Waals surface area (Å²) in [5.41, 5.74) is 2.53. The molecule has 0 atom stereocenters. The molecule has 0 bridgehead atoms. The van der Waals surface area contributed by atoms with Crippen LogP contribution >= 0.6 is 11.6 Å². The molecule has 1 N–H and O–H groups in total. The van der Waals surface area contributed by atoms with Crippen molar-refractivity contribution in [3.8, 4) is 0 Å². The van der Waals surface area contributed by atoms with Crippen LogP contribution in [0.4, 0.5) is 11.5 Å². The molecule has 4 aromatic rings. The summed E-state index contributed by atoms with van der Waals surface area (Å²) in [5.74, 6) is 0.467. The molecule has 0 fully saturated rings. The van der Waals surface area contributed by atoms with E-state index in [1.165, 1.54) is 17.7 Å². The van der Waals surface area contributed by atoms with Gasteiger partial charge in [0.25, 0.3) is 5.69 Å². The van der Waals surface area contributed by atoms with E-state index in [0.717, 1.165) is 6.42 Å². The Kier molecular flexibility index (Phi) is 4.14. The minimum Gasteiger partial charge on any atom is -0.450 e. The Bertz CT molecular complexity index is 1110. The molecule has 0 amide bonds. The summed E-state index contributed by atoms with van der Waals surface area (Å²) in [6.07, 6.45) is 0.801. The average Bonchev–Trinajstić information content (AvgIpc) is 3.00. The third-order valence-corrected chi connectivity index (χ3v) is 4.20. The van der Waals surface area contributed by atoms with Crippen LogP contribution in [0.1, 0.15) is 5.56 Å². The Labute approximate surface area is 152 Å². The van der Waals surface area contributed by atoms with Crippen LogP contribution in [0.5, 0.6) is 0 Å². The van der Waals surface area contributed by atoms with Crippen molar-refractivity contribution in [1.29, 1.82) is 0 Å². The van der Waals surface area contributed by atoms with Gasteiger partial charge in [0.15, 0.2) is 11.4 Å². The predicted molar refractivity (Wildman–Crippen MR) is 99.6 cm³/mol. The quantitative estimate of drug-likeness (QED) is 0.314. The third-order valence-electron chi connectivity index (χ3n) is 4.03. The number of nitro groups is 1. The Morgan fingerprint density at radius 2 is 1.96 bits per heavy atom. The molecule has 0 unspecified atom stereocenters. The van der Waals surface area contributed by atoms with Crippen molar-refractivity contribution in [1.82, 2.24) is 9.97 Å². The van der Waals surface area contributed by atoms with E-state index in [4.69, 9.17) is 16.0 Å². The zero-order valence-corrected chi connectivity index (χ0v) is 14.2. The number of non-ortho nitro benzene ring substituents is 1. The standard InChI is InChI=1S/C18H13ClN4O3/c19-18-21-15-13-10-12(23(24)25)6-7-14(13)26-16(15)17(22-18)20-9-8-11-4-2-1-3-5-11/h1-7,10H,8-9H2,(H,20,21,22). The van der Waals surface area contributed by atoms with Gasteiger partial charge in [-0.2, -0.15) is 4.98 Å². The van der Waals surface area contributed by atoms with Gasteiger partial charge in [-0.1, -0.05) is 30.3 Å². The first kappa shape index (κ1) is 16.3. The van der Waals surface area contributed by atoms with Gasteiger partial charge < -0.3 is 9.73 Å². The smallest absolute Gasteiger partial charge is 0.270 e. The fourth-order valence-corrected chi connectivity index (χ4v) is 2.98. The molecule has 0 aliphatic rings. The van der Waals surface area contributed by atoms with Gasteiger partial charge in [0, 0.05) is 18.7 Å². The SMILES string of the molecule is O=[N+]([O-])c1ccc2oc3c(NCCc4ccccc4)nc(Cl)nc3c2c1. The van der Waals surface area contributed by atoms with Crippen molar-refractivity contribution < 1.29 is 9.34 Å². The molecule has 2 heterocycles. The lowest BCUT2D eigenvalue weighted by Gasteiger charge is -2.06. The maximum atomic E-state index is 11.0. The van der Waals surface area contributed by atoms with Crippen molar-refractivity contribution in [2.24, 2.45) is 0 Å². The van der Waals surface area contributed by atoms with Crippen molar-refractivity contribution in [2.75, 3.05) is 11.9 Å². The number of aromatic nitrogens is 2. The minimum atomic E-state index is -0.458. The highest BCUT2D eigenvalue weighted by Gasteiger charge is 2.17. The third kappa shape index (κ3) is 3.04. The van der Waals surface area contributed by atoms with Crippen LogP contribution in [0.2, 0.25) is 5.28 Å². The van der Waals surface area contributed by atoms with Crippen LogP contribution in [-0.2, 0) is 6.42 Å². The number of nitrogens with zero attached hydrogens (tertiary/aromatic N) is 3. The molecule has 0 radical (unpaired) electrons. The monoisotopic (exact) mass is 368 g/mol. The van der Waals surface area contributed by atoms with Gasteiger partial charge >= 0.3 is 0 Å². The molecule has 26 heavy (non-hydrogen) atoms. The van der Waals surface area contributed by atoms with E-state index in [9.17, 15) is 10.1 Å². The summed E-state index contributed by atoms with van der Waals surface area (Å²) in [6, 6.07) is 14.4. The first-order valence-corrected chi connectivity index (χ1v) is 8.31. The first-order chi connectivity index (χ1) is 12.6. The highest BCUT2D eigenvalue weighted by molar-refractivity contribution is 6.29. The second-order valence-corrected chi connectivity index (χ2v) is 6.06. The van der Waals surface area contributed by atoms with Crippen LogP contribution in [-0.4, -0.2) is 21.4 Å². The number of halogens is 1. The summed E-state index contributed by atoms with van der Waals surface area (Å²) in [5, 5.41) is 14.8. The van der Waals surface area contributed by atoms with Crippen molar-refractivity contribution in [2.45, 2.75) is 6.42 Å².